The van der Waals surface area contributed by atoms with Gasteiger partial charge in [0.25, 0.3) is 10.2 Å². The number of alkyl halides is 3. The average Bonchev–Trinajstić information content (AvgIpc) is 1.49. The standard InChI is InChI=1S/C4H9F3N2O2S/c1-3(2-4(5,6)7)9-12(8,10)11/h3,9H,2H2,1H3,(H2,8,10,11). The van der Waals surface area contributed by atoms with Gasteiger partial charge in [0.2, 0.25) is 0 Å². The van der Waals surface area contributed by atoms with Crippen LogP contribution in [0.15, 0.2) is 0 Å². The van der Waals surface area contributed by atoms with Crippen LogP contribution in [0, 0.1) is 0 Å². The number of nitrogens with one attached hydrogen (secondary N) is 1. The van der Waals surface area contributed by atoms with E-state index in [0.717, 1.165) is 6.92 Å². The van der Waals surface area contributed by atoms with Crippen LogP contribution >= 0.6 is 0 Å². The van der Waals surface area contributed by atoms with Gasteiger partial charge < -0.3 is 0 Å². The summed E-state index contributed by atoms with van der Waals surface area (Å²) in [7, 11) is -4.05. The minimum atomic E-state index is -4.39. The molecule has 0 heterocycles. The molecule has 8 heteroatoms. The van der Waals surface area contributed by atoms with Gasteiger partial charge >= 0.3 is 6.18 Å². The second-order valence-electron chi connectivity index (χ2n) is 2.38. The maximum atomic E-state index is 11.6. The van der Waals surface area contributed by atoms with Crippen molar-refractivity contribution in [1.82, 2.24) is 4.72 Å². The molecule has 0 amide bonds. The van der Waals surface area contributed by atoms with Gasteiger partial charge in [-0.15, -0.1) is 0 Å². The lowest BCUT2D eigenvalue weighted by Gasteiger charge is -2.13. The lowest BCUT2D eigenvalue weighted by molar-refractivity contribution is -0.137. The van der Waals surface area contributed by atoms with E-state index >= 15 is 0 Å². The zero-order valence-electron chi connectivity index (χ0n) is 6.22. The van der Waals surface area contributed by atoms with E-state index in [4.69, 9.17) is 0 Å². The fourth-order valence-electron chi connectivity index (χ4n) is 0.669. The summed E-state index contributed by atoms with van der Waals surface area (Å²) in [6.45, 7) is 1.08. The summed E-state index contributed by atoms with van der Waals surface area (Å²) in [4.78, 5) is 0. The van der Waals surface area contributed by atoms with Gasteiger partial charge in [-0.2, -0.15) is 26.3 Å². The Labute approximate surface area is 68.1 Å². The third-order valence-corrected chi connectivity index (χ3v) is 1.63. The number of halogens is 3. The maximum Gasteiger partial charge on any atom is 0.390 e. The molecule has 0 aliphatic rings. The van der Waals surface area contributed by atoms with E-state index in [2.05, 4.69) is 5.14 Å². The first-order valence-electron chi connectivity index (χ1n) is 2.97. The van der Waals surface area contributed by atoms with Crippen LogP contribution in [0.25, 0.3) is 0 Å². The minimum absolute atomic E-state index is 1.08. The van der Waals surface area contributed by atoms with Crippen LogP contribution in [0.2, 0.25) is 0 Å². The maximum absolute atomic E-state index is 11.6. The Morgan fingerprint density at radius 3 is 2.17 bits per heavy atom. The second-order valence-corrected chi connectivity index (χ2v) is 3.71. The molecule has 0 spiro atoms. The van der Waals surface area contributed by atoms with E-state index in [-0.39, 0.29) is 0 Å². The number of nitrogens with two attached hydrogens (primary N) is 1. The molecule has 0 aromatic rings. The fraction of sp³-hybridized carbons (Fsp3) is 1.00. The topological polar surface area (TPSA) is 72.2 Å². The van der Waals surface area contributed by atoms with E-state index in [1.165, 1.54) is 0 Å². The van der Waals surface area contributed by atoms with Gasteiger partial charge in [0, 0.05) is 6.04 Å². The second kappa shape index (κ2) is 3.58. The summed E-state index contributed by atoms with van der Waals surface area (Å²) in [5.41, 5.74) is 0. The molecule has 0 rings (SSSR count). The van der Waals surface area contributed by atoms with E-state index in [9.17, 15) is 21.6 Å². The van der Waals surface area contributed by atoms with E-state index in [1.54, 1.807) is 4.72 Å². The van der Waals surface area contributed by atoms with Gasteiger partial charge in [-0.3, -0.25) is 0 Å². The molecule has 0 bridgehead atoms. The molecule has 74 valence electrons. The van der Waals surface area contributed by atoms with E-state index < -0.39 is 28.8 Å². The minimum Gasteiger partial charge on any atom is -0.216 e. The zero-order valence-corrected chi connectivity index (χ0v) is 7.04. The molecule has 3 N–H and O–H groups in total. The molecule has 1 atom stereocenters. The van der Waals surface area contributed by atoms with Crippen molar-refractivity contribution in [3.8, 4) is 0 Å². The highest BCUT2D eigenvalue weighted by molar-refractivity contribution is 7.87. The summed E-state index contributed by atoms with van der Waals surface area (Å²) in [5.74, 6) is 0. The summed E-state index contributed by atoms with van der Waals surface area (Å²) in [6, 6.07) is -1.24. The Bertz CT molecular complexity index is 235. The van der Waals surface area contributed by atoms with Crippen LogP contribution in [0.5, 0.6) is 0 Å². The van der Waals surface area contributed by atoms with Crippen molar-refractivity contribution < 1.29 is 21.6 Å². The van der Waals surface area contributed by atoms with Crippen molar-refractivity contribution in [2.45, 2.75) is 25.6 Å². The molecule has 0 saturated heterocycles. The van der Waals surface area contributed by atoms with Gasteiger partial charge in [0.15, 0.2) is 0 Å². The molecular formula is C4H9F3N2O2S. The van der Waals surface area contributed by atoms with Crippen LogP contribution in [-0.4, -0.2) is 20.6 Å². The fourth-order valence-corrected chi connectivity index (χ4v) is 1.31. The molecule has 0 radical (unpaired) electrons. The van der Waals surface area contributed by atoms with E-state index in [0.29, 0.717) is 0 Å². The SMILES string of the molecule is CC(CC(F)(F)F)NS(N)(=O)=O. The Morgan fingerprint density at radius 1 is 1.50 bits per heavy atom. The van der Waals surface area contributed by atoms with Crippen LogP contribution in [-0.2, 0) is 10.2 Å². The molecule has 0 aromatic carbocycles. The zero-order chi connectivity index (χ0) is 9.99. The first-order chi connectivity index (χ1) is 5.10. The van der Waals surface area contributed by atoms with Gasteiger partial charge in [0.05, 0.1) is 6.42 Å². The van der Waals surface area contributed by atoms with Crippen molar-refractivity contribution in [2.24, 2.45) is 5.14 Å². The van der Waals surface area contributed by atoms with Crippen molar-refractivity contribution in [3.05, 3.63) is 0 Å². The van der Waals surface area contributed by atoms with Crippen LogP contribution < -0.4 is 9.86 Å². The molecule has 4 nitrogen and oxygen atoms in total. The van der Waals surface area contributed by atoms with Crippen LogP contribution in [0.4, 0.5) is 13.2 Å². The third-order valence-electron chi connectivity index (χ3n) is 0.903. The predicted octanol–water partition coefficient (Wildman–Crippen LogP) is 0.120. The molecule has 0 aromatic heterocycles. The van der Waals surface area contributed by atoms with Crippen molar-refractivity contribution in [1.29, 1.82) is 0 Å². The first kappa shape index (κ1) is 11.7. The lowest BCUT2D eigenvalue weighted by Crippen LogP contribution is -2.39. The van der Waals surface area contributed by atoms with Crippen molar-refractivity contribution in [2.75, 3.05) is 0 Å². The largest absolute Gasteiger partial charge is 0.390 e. The molecule has 0 fully saturated rings. The summed E-state index contributed by atoms with van der Waals surface area (Å²) in [6.07, 6.45) is -5.62. The Hall–Kier alpha value is -0.340. The summed E-state index contributed by atoms with van der Waals surface area (Å²) in [5, 5.41) is 4.45. The number of hydrogen-bond acceptors (Lipinski definition) is 2. The molecule has 1 unspecified atom stereocenters. The lowest BCUT2D eigenvalue weighted by atomic mass is 10.2. The molecule has 0 aliphatic heterocycles. The third kappa shape index (κ3) is 7.76. The quantitative estimate of drug-likeness (QED) is 0.688. The van der Waals surface area contributed by atoms with Crippen LogP contribution in [0.1, 0.15) is 13.3 Å². The Kier molecular flexibility index (Phi) is 3.48. The van der Waals surface area contributed by atoms with Gasteiger partial charge in [-0.1, -0.05) is 0 Å². The molecule has 0 aliphatic carbocycles. The first-order valence-corrected chi connectivity index (χ1v) is 4.51. The summed E-state index contributed by atoms with van der Waals surface area (Å²) >= 11 is 0. The number of rotatable bonds is 3. The van der Waals surface area contributed by atoms with Crippen molar-refractivity contribution in [3.63, 3.8) is 0 Å². The molecule has 12 heavy (non-hydrogen) atoms. The van der Waals surface area contributed by atoms with Gasteiger partial charge in [-0.25, -0.2) is 5.14 Å². The smallest absolute Gasteiger partial charge is 0.216 e. The van der Waals surface area contributed by atoms with Crippen LogP contribution in [0.3, 0.4) is 0 Å². The highest BCUT2D eigenvalue weighted by Crippen LogP contribution is 2.21. The molecule has 0 saturated carbocycles. The normalized spacial score (nSPS) is 16.1. The summed E-state index contributed by atoms with van der Waals surface area (Å²) < 4.78 is 56.9. The monoisotopic (exact) mass is 206 g/mol. The van der Waals surface area contributed by atoms with Crippen molar-refractivity contribution >= 4 is 10.2 Å². The van der Waals surface area contributed by atoms with E-state index in [1.807, 2.05) is 0 Å². The van der Waals surface area contributed by atoms with Gasteiger partial charge in [0.1, 0.15) is 0 Å². The molecular weight excluding hydrogens is 197 g/mol. The Balaban J connectivity index is 4.00. The highest BCUT2D eigenvalue weighted by Gasteiger charge is 2.30. The number of hydrogen-bond donors (Lipinski definition) is 2. The van der Waals surface area contributed by atoms with Gasteiger partial charge in [-0.05, 0) is 6.92 Å². The highest BCUT2D eigenvalue weighted by atomic mass is 32.2. The predicted molar refractivity (Wildman–Crippen MR) is 36.4 cm³/mol. The average molecular weight is 206 g/mol. The Morgan fingerprint density at radius 2 is 1.92 bits per heavy atom.